The minimum Gasteiger partial charge on any atom is -0.345 e. The molecule has 2 heterocycles. The number of hydrogen-bond acceptors (Lipinski definition) is 4. The highest BCUT2D eigenvalue weighted by Gasteiger charge is 2.27. The maximum Gasteiger partial charge on any atom is 0.262 e. The Labute approximate surface area is 185 Å². The molecule has 0 aliphatic heterocycles. The lowest BCUT2D eigenvalue weighted by Gasteiger charge is -2.13. The molecule has 0 aliphatic rings. The summed E-state index contributed by atoms with van der Waals surface area (Å²) in [5.41, 5.74) is -1.26. The number of anilines is 1. The molecule has 164 valence electrons. The number of carbonyl (C=O) groups is 1. The summed E-state index contributed by atoms with van der Waals surface area (Å²) >= 11 is 5.90. The summed E-state index contributed by atoms with van der Waals surface area (Å²) in [5, 5.41) is 0.446. The number of sulfonamides is 1. The van der Waals surface area contributed by atoms with Crippen LogP contribution in [0.5, 0.6) is 0 Å². The molecule has 0 fully saturated rings. The van der Waals surface area contributed by atoms with Gasteiger partial charge in [0.2, 0.25) is 5.78 Å². The van der Waals surface area contributed by atoms with E-state index in [1.54, 1.807) is 0 Å². The van der Waals surface area contributed by atoms with E-state index in [9.17, 15) is 22.0 Å². The Morgan fingerprint density at radius 2 is 1.88 bits per heavy atom. The van der Waals surface area contributed by atoms with E-state index in [0.717, 1.165) is 24.3 Å². The fraction of sp³-hybridized carbons (Fsp3) is 0.0476. The van der Waals surface area contributed by atoms with E-state index >= 15 is 4.39 Å². The Bertz CT molecular complexity index is 1500. The molecular formula is C21H13ClF3N3O3S. The molecule has 0 radical (unpaired) electrons. The zero-order valence-corrected chi connectivity index (χ0v) is 17.8. The van der Waals surface area contributed by atoms with Crippen molar-refractivity contribution in [3.63, 3.8) is 0 Å². The third-order valence-corrected chi connectivity index (χ3v) is 6.46. The van der Waals surface area contributed by atoms with Gasteiger partial charge in [-0.2, -0.15) is 0 Å². The van der Waals surface area contributed by atoms with Crippen molar-refractivity contribution < 1.29 is 26.4 Å². The highest BCUT2D eigenvalue weighted by Crippen LogP contribution is 2.29. The van der Waals surface area contributed by atoms with Gasteiger partial charge in [-0.25, -0.2) is 26.6 Å². The van der Waals surface area contributed by atoms with Gasteiger partial charge in [-0.05, 0) is 42.8 Å². The number of fused-ring (bicyclic) bond motifs is 1. The molecule has 0 saturated carbocycles. The van der Waals surface area contributed by atoms with Crippen molar-refractivity contribution in [1.29, 1.82) is 0 Å². The average Bonchev–Trinajstić information content (AvgIpc) is 3.15. The van der Waals surface area contributed by atoms with Crippen LogP contribution >= 0.6 is 11.6 Å². The van der Waals surface area contributed by atoms with Gasteiger partial charge >= 0.3 is 0 Å². The van der Waals surface area contributed by atoms with Crippen LogP contribution in [0.2, 0.25) is 5.02 Å². The molecule has 4 rings (SSSR count). The second-order valence-corrected chi connectivity index (χ2v) is 8.97. The van der Waals surface area contributed by atoms with Crippen LogP contribution in [0.25, 0.3) is 11.0 Å². The molecule has 2 aromatic heterocycles. The monoisotopic (exact) mass is 479 g/mol. The van der Waals surface area contributed by atoms with Crippen LogP contribution in [0.1, 0.15) is 21.5 Å². The molecular weight excluding hydrogens is 467 g/mol. The van der Waals surface area contributed by atoms with Crippen molar-refractivity contribution in [2.24, 2.45) is 0 Å². The van der Waals surface area contributed by atoms with Crippen LogP contribution < -0.4 is 4.72 Å². The summed E-state index contributed by atoms with van der Waals surface area (Å²) < 4.78 is 70.5. The third-order valence-electron chi connectivity index (χ3n) is 4.74. The minimum atomic E-state index is -4.44. The van der Waals surface area contributed by atoms with Crippen LogP contribution in [-0.4, -0.2) is 24.2 Å². The Morgan fingerprint density at radius 3 is 2.62 bits per heavy atom. The third kappa shape index (κ3) is 3.82. The van der Waals surface area contributed by atoms with Crippen LogP contribution in [0.15, 0.2) is 53.7 Å². The number of ketones is 1. The van der Waals surface area contributed by atoms with Gasteiger partial charge in [0.15, 0.2) is 5.82 Å². The second kappa shape index (κ2) is 7.95. The van der Waals surface area contributed by atoms with E-state index in [1.165, 1.54) is 31.5 Å². The molecule has 0 amide bonds. The first-order valence-electron chi connectivity index (χ1n) is 9.03. The van der Waals surface area contributed by atoms with Crippen LogP contribution in [0, 0.1) is 24.4 Å². The number of benzene rings is 2. The maximum atomic E-state index is 15.2. The van der Waals surface area contributed by atoms with Gasteiger partial charge in [-0.15, -0.1) is 0 Å². The molecule has 0 aliphatic carbocycles. The second-order valence-electron chi connectivity index (χ2n) is 6.88. The number of carbonyl (C=O) groups excluding carboxylic acids is 1. The highest BCUT2D eigenvalue weighted by atomic mass is 35.5. The molecule has 32 heavy (non-hydrogen) atoms. The first-order valence-corrected chi connectivity index (χ1v) is 10.9. The van der Waals surface area contributed by atoms with Crippen LogP contribution in [-0.2, 0) is 10.0 Å². The van der Waals surface area contributed by atoms with Gasteiger partial charge < -0.3 is 4.98 Å². The molecule has 6 nitrogen and oxygen atoms in total. The predicted octanol–water partition coefficient (Wildman–Crippen LogP) is 4.97. The van der Waals surface area contributed by atoms with Gasteiger partial charge in [0, 0.05) is 23.3 Å². The SMILES string of the molecule is Cc1ccc(F)cc1S(=O)(=O)Nc1ccc(F)c(C(=O)c2c[nH]c3ncc(Cl)cc23)c1F. The Balaban J connectivity index is 1.78. The number of hydrogen-bond donors (Lipinski definition) is 2. The molecule has 2 aromatic carbocycles. The van der Waals surface area contributed by atoms with Crippen molar-refractivity contribution in [3.8, 4) is 0 Å². The molecule has 4 aromatic rings. The lowest BCUT2D eigenvalue weighted by Crippen LogP contribution is -2.17. The molecule has 0 bridgehead atoms. The highest BCUT2D eigenvalue weighted by molar-refractivity contribution is 7.92. The van der Waals surface area contributed by atoms with Gasteiger partial charge in [-0.3, -0.25) is 9.52 Å². The topological polar surface area (TPSA) is 91.9 Å². The van der Waals surface area contributed by atoms with Gasteiger partial charge in [0.1, 0.15) is 17.3 Å². The maximum absolute atomic E-state index is 15.2. The van der Waals surface area contributed by atoms with E-state index in [-0.39, 0.29) is 27.2 Å². The number of halogens is 4. The van der Waals surface area contributed by atoms with Crippen molar-refractivity contribution in [3.05, 3.63) is 88.0 Å². The molecule has 0 saturated heterocycles. The van der Waals surface area contributed by atoms with E-state index in [4.69, 9.17) is 11.6 Å². The van der Waals surface area contributed by atoms with Gasteiger partial charge in [0.25, 0.3) is 10.0 Å². The van der Waals surface area contributed by atoms with E-state index < -0.39 is 49.4 Å². The van der Waals surface area contributed by atoms with Crippen LogP contribution in [0.4, 0.5) is 18.9 Å². The quantitative estimate of drug-likeness (QED) is 0.395. The van der Waals surface area contributed by atoms with E-state index in [1.807, 2.05) is 4.72 Å². The van der Waals surface area contributed by atoms with Gasteiger partial charge in [-0.1, -0.05) is 17.7 Å². The zero-order chi connectivity index (χ0) is 23.2. The van der Waals surface area contributed by atoms with E-state index in [2.05, 4.69) is 9.97 Å². The molecule has 0 unspecified atom stereocenters. The molecule has 11 heteroatoms. The largest absolute Gasteiger partial charge is 0.345 e. The molecule has 0 atom stereocenters. The smallest absolute Gasteiger partial charge is 0.262 e. The Hall–Kier alpha value is -3.37. The normalized spacial score (nSPS) is 11.7. The van der Waals surface area contributed by atoms with Crippen molar-refractivity contribution in [2.75, 3.05) is 4.72 Å². The number of aryl methyl sites for hydroxylation is 1. The fourth-order valence-electron chi connectivity index (χ4n) is 3.20. The van der Waals surface area contributed by atoms with Crippen molar-refractivity contribution in [2.45, 2.75) is 11.8 Å². The number of nitrogens with zero attached hydrogens (tertiary/aromatic N) is 1. The first kappa shape index (κ1) is 21.8. The fourth-order valence-corrected chi connectivity index (χ4v) is 4.68. The summed E-state index contributed by atoms with van der Waals surface area (Å²) in [5.74, 6) is -4.46. The molecule has 0 spiro atoms. The summed E-state index contributed by atoms with van der Waals surface area (Å²) in [4.78, 5) is 19.2. The number of rotatable bonds is 5. The summed E-state index contributed by atoms with van der Waals surface area (Å²) in [6.07, 6.45) is 2.56. The minimum absolute atomic E-state index is 0.103. The van der Waals surface area contributed by atoms with Crippen LogP contribution in [0.3, 0.4) is 0 Å². The lowest BCUT2D eigenvalue weighted by molar-refractivity contribution is 0.103. The number of aromatic nitrogens is 2. The van der Waals surface area contributed by atoms with Crippen molar-refractivity contribution in [1.82, 2.24) is 9.97 Å². The lowest BCUT2D eigenvalue weighted by atomic mass is 10.0. The van der Waals surface area contributed by atoms with Crippen molar-refractivity contribution >= 4 is 44.1 Å². The Kier molecular flexibility index (Phi) is 5.43. The summed E-state index contributed by atoms with van der Waals surface area (Å²) in [6.45, 7) is 1.43. The Morgan fingerprint density at radius 1 is 1.12 bits per heavy atom. The molecule has 2 N–H and O–H groups in total. The number of aromatic amines is 1. The number of nitrogens with one attached hydrogen (secondary N) is 2. The average molecular weight is 480 g/mol. The van der Waals surface area contributed by atoms with E-state index in [0.29, 0.717) is 0 Å². The summed E-state index contributed by atoms with van der Waals surface area (Å²) in [7, 11) is -4.44. The predicted molar refractivity (Wildman–Crippen MR) is 113 cm³/mol. The first-order chi connectivity index (χ1) is 15.1. The standard InChI is InChI=1S/C21H13ClF3N3O3S/c1-10-2-3-12(23)7-17(10)32(30,31)28-16-5-4-15(24)18(19(16)25)20(29)14-9-27-21-13(14)6-11(22)8-26-21/h2-9,28H,1H3,(H,26,27). The number of H-pyrrole nitrogens is 1. The van der Waals surface area contributed by atoms with Gasteiger partial charge in [0.05, 0.1) is 21.2 Å². The summed E-state index contributed by atoms with van der Waals surface area (Å²) in [6, 6.07) is 6.09. The number of pyridine rings is 1. The zero-order valence-electron chi connectivity index (χ0n) is 16.2.